The fraction of sp³-hybridized carbons (Fsp3) is 0.560. The lowest BCUT2D eigenvalue weighted by Gasteiger charge is -2.32. The summed E-state index contributed by atoms with van der Waals surface area (Å²) in [6.45, 7) is 2.72. The van der Waals surface area contributed by atoms with E-state index in [0.29, 0.717) is 19.0 Å². The number of benzene rings is 1. The molecule has 2 fully saturated rings. The summed E-state index contributed by atoms with van der Waals surface area (Å²) < 4.78 is 0. The molecular formula is C25H39N4O2. The van der Waals surface area contributed by atoms with E-state index in [4.69, 9.17) is 0 Å². The van der Waals surface area contributed by atoms with Gasteiger partial charge in [0.1, 0.15) is 0 Å². The second kappa shape index (κ2) is 14.7. The molecule has 1 aliphatic carbocycles. The lowest BCUT2D eigenvalue weighted by molar-refractivity contribution is 0.169. The zero-order chi connectivity index (χ0) is 20.3. The normalized spacial score (nSPS) is 17.9. The molecule has 4 amide bonds. The fourth-order valence-corrected chi connectivity index (χ4v) is 4.12. The minimum atomic E-state index is -0.0661. The van der Waals surface area contributed by atoms with Gasteiger partial charge in [-0.25, -0.2) is 9.59 Å². The topological polar surface area (TPSA) is 73.5 Å². The van der Waals surface area contributed by atoms with E-state index in [0.717, 1.165) is 44.3 Å². The van der Waals surface area contributed by atoms with Gasteiger partial charge in [0, 0.05) is 26.2 Å². The third-order valence-corrected chi connectivity index (χ3v) is 5.99. The molecule has 3 rings (SSSR count). The molecule has 5 radical (unpaired) electrons. The SMILES string of the molecule is O=C(NCC1CCN(C(=O)NCc2ccccc2)CC1)N[C]1CCCCCCC1.[CH2].[CH2]. The number of carbonyl (C=O) groups excluding carboxylic acids is 2. The summed E-state index contributed by atoms with van der Waals surface area (Å²) in [5.41, 5.74) is 1.10. The first-order valence-corrected chi connectivity index (χ1v) is 11.2. The number of piperidine rings is 1. The van der Waals surface area contributed by atoms with Gasteiger partial charge in [-0.05, 0) is 37.2 Å². The average molecular weight is 428 g/mol. The number of nitrogens with zero attached hydrogens (tertiary/aromatic N) is 1. The van der Waals surface area contributed by atoms with E-state index in [1.165, 1.54) is 38.1 Å². The highest BCUT2D eigenvalue weighted by Gasteiger charge is 2.23. The molecule has 6 heteroatoms. The number of urea groups is 2. The van der Waals surface area contributed by atoms with Crippen LogP contribution in [0.4, 0.5) is 9.59 Å². The smallest absolute Gasteiger partial charge is 0.317 e. The van der Waals surface area contributed by atoms with Crippen molar-refractivity contribution < 1.29 is 9.59 Å². The molecule has 1 aliphatic heterocycles. The Hall–Kier alpha value is -2.24. The van der Waals surface area contributed by atoms with Crippen molar-refractivity contribution in [1.82, 2.24) is 20.9 Å². The van der Waals surface area contributed by atoms with Crippen LogP contribution in [0.2, 0.25) is 0 Å². The van der Waals surface area contributed by atoms with Crippen molar-refractivity contribution in [3.63, 3.8) is 0 Å². The van der Waals surface area contributed by atoms with Gasteiger partial charge in [0.05, 0.1) is 6.04 Å². The minimum absolute atomic E-state index is 0. The van der Waals surface area contributed by atoms with Crippen LogP contribution in [0.5, 0.6) is 0 Å². The molecule has 0 unspecified atom stereocenters. The molecule has 1 heterocycles. The zero-order valence-corrected chi connectivity index (χ0v) is 18.8. The van der Waals surface area contributed by atoms with Gasteiger partial charge >= 0.3 is 12.1 Å². The van der Waals surface area contributed by atoms with Gasteiger partial charge in [-0.3, -0.25) is 0 Å². The number of amides is 4. The molecule has 2 aliphatic rings. The zero-order valence-electron chi connectivity index (χ0n) is 18.8. The average Bonchev–Trinajstić information content (AvgIpc) is 2.73. The van der Waals surface area contributed by atoms with Crippen molar-refractivity contribution in [2.75, 3.05) is 19.6 Å². The molecule has 0 aromatic heterocycles. The summed E-state index contributed by atoms with van der Waals surface area (Å²) in [5.74, 6) is 0.432. The first-order valence-electron chi connectivity index (χ1n) is 11.2. The molecule has 171 valence electrons. The number of carbonyl (C=O) groups is 2. The van der Waals surface area contributed by atoms with Gasteiger partial charge in [-0.1, -0.05) is 77.3 Å². The first kappa shape index (κ1) is 26.8. The lowest BCUT2D eigenvalue weighted by atomic mass is 9.96. The third-order valence-electron chi connectivity index (χ3n) is 5.99. The van der Waals surface area contributed by atoms with Gasteiger partial charge in [0.2, 0.25) is 0 Å². The maximum absolute atomic E-state index is 12.4. The van der Waals surface area contributed by atoms with Gasteiger partial charge in [-0.15, -0.1) is 0 Å². The highest BCUT2D eigenvalue weighted by Crippen LogP contribution is 2.22. The molecule has 0 bridgehead atoms. The van der Waals surface area contributed by atoms with Crippen molar-refractivity contribution in [2.24, 2.45) is 5.92 Å². The molecule has 1 saturated carbocycles. The van der Waals surface area contributed by atoms with Crippen LogP contribution >= 0.6 is 0 Å². The van der Waals surface area contributed by atoms with Crippen LogP contribution in [-0.4, -0.2) is 36.6 Å². The predicted octanol–water partition coefficient (Wildman–Crippen LogP) is 4.84. The molecule has 1 aromatic rings. The van der Waals surface area contributed by atoms with Crippen molar-refractivity contribution in [3.05, 3.63) is 56.8 Å². The summed E-state index contributed by atoms with van der Waals surface area (Å²) in [4.78, 5) is 26.5. The Bertz CT molecular complexity index is 622. The lowest BCUT2D eigenvalue weighted by Crippen LogP contribution is -2.46. The minimum Gasteiger partial charge on any atom is -0.338 e. The Morgan fingerprint density at radius 3 is 2.13 bits per heavy atom. The van der Waals surface area contributed by atoms with Crippen LogP contribution in [-0.2, 0) is 6.54 Å². The summed E-state index contributed by atoms with van der Waals surface area (Å²) in [6, 6.07) is 11.1. The first-order chi connectivity index (χ1) is 14.2. The van der Waals surface area contributed by atoms with E-state index < -0.39 is 0 Å². The van der Waals surface area contributed by atoms with Crippen LogP contribution in [0.1, 0.15) is 63.4 Å². The number of rotatable bonds is 5. The largest absolute Gasteiger partial charge is 0.338 e. The van der Waals surface area contributed by atoms with E-state index in [9.17, 15) is 9.59 Å². The van der Waals surface area contributed by atoms with E-state index >= 15 is 0 Å². The second-order valence-electron chi connectivity index (χ2n) is 8.28. The fourth-order valence-electron chi connectivity index (χ4n) is 4.12. The van der Waals surface area contributed by atoms with Gasteiger partial charge in [0.25, 0.3) is 0 Å². The van der Waals surface area contributed by atoms with E-state index in [1.807, 2.05) is 35.2 Å². The second-order valence-corrected chi connectivity index (χ2v) is 8.28. The number of likely N-dealkylation sites (tertiary alicyclic amines) is 1. The predicted molar refractivity (Wildman–Crippen MR) is 126 cm³/mol. The van der Waals surface area contributed by atoms with Gasteiger partial charge in [-0.2, -0.15) is 0 Å². The maximum atomic E-state index is 12.4. The van der Waals surface area contributed by atoms with Crippen LogP contribution in [0, 0.1) is 26.8 Å². The third kappa shape index (κ3) is 9.62. The molecule has 6 nitrogen and oxygen atoms in total. The highest BCUT2D eigenvalue weighted by molar-refractivity contribution is 5.75. The molecule has 0 spiro atoms. The number of nitrogens with one attached hydrogen (secondary N) is 3. The van der Waals surface area contributed by atoms with Crippen molar-refractivity contribution >= 4 is 12.1 Å². The molecule has 0 atom stereocenters. The molecule has 1 saturated heterocycles. The van der Waals surface area contributed by atoms with Crippen molar-refractivity contribution in [3.8, 4) is 0 Å². The summed E-state index contributed by atoms with van der Waals surface area (Å²) in [7, 11) is 0. The Morgan fingerprint density at radius 2 is 1.48 bits per heavy atom. The van der Waals surface area contributed by atoms with E-state index in [-0.39, 0.29) is 26.9 Å². The van der Waals surface area contributed by atoms with E-state index in [2.05, 4.69) is 16.0 Å². The number of hydrogen-bond donors (Lipinski definition) is 3. The monoisotopic (exact) mass is 427 g/mol. The van der Waals surface area contributed by atoms with Crippen LogP contribution < -0.4 is 16.0 Å². The van der Waals surface area contributed by atoms with Crippen LogP contribution in [0.25, 0.3) is 0 Å². The van der Waals surface area contributed by atoms with Crippen LogP contribution in [0.3, 0.4) is 0 Å². The Kier molecular flexibility index (Phi) is 12.7. The van der Waals surface area contributed by atoms with Crippen LogP contribution in [0.15, 0.2) is 30.3 Å². The Labute approximate surface area is 189 Å². The maximum Gasteiger partial charge on any atom is 0.317 e. The molecule has 31 heavy (non-hydrogen) atoms. The summed E-state index contributed by atoms with van der Waals surface area (Å²) in [5, 5.41) is 9.11. The molecule has 1 aromatic carbocycles. The molecule has 3 N–H and O–H groups in total. The van der Waals surface area contributed by atoms with Crippen molar-refractivity contribution in [1.29, 1.82) is 0 Å². The standard InChI is InChI=1S/C23H35N4O2.2CH2/c28-22(26-21-11-7-2-1-3-8-12-21)24-17-20-13-15-27(16-14-20)23(29)25-18-19-9-5-4-6-10-19;;/h4-6,9-10,20H,1-3,7-8,11-18H2,(H,25,29)(H2,24,26,28);2*1H2. The highest BCUT2D eigenvalue weighted by atomic mass is 16.2. The Balaban J connectivity index is 0.00000240. The quantitative estimate of drug-likeness (QED) is 0.629. The van der Waals surface area contributed by atoms with Crippen molar-refractivity contribution in [2.45, 2.75) is 64.3 Å². The van der Waals surface area contributed by atoms with Gasteiger partial charge in [0.15, 0.2) is 0 Å². The molecular weight excluding hydrogens is 388 g/mol. The summed E-state index contributed by atoms with van der Waals surface area (Å²) >= 11 is 0. The van der Waals surface area contributed by atoms with E-state index in [1.54, 1.807) is 0 Å². The van der Waals surface area contributed by atoms with Gasteiger partial charge < -0.3 is 20.9 Å². The number of hydrogen-bond acceptors (Lipinski definition) is 2. The summed E-state index contributed by atoms with van der Waals surface area (Å²) in [6.07, 6.45) is 10.1. The Morgan fingerprint density at radius 1 is 0.871 bits per heavy atom.